The Kier molecular flexibility index (Phi) is 3.50. The summed E-state index contributed by atoms with van der Waals surface area (Å²) in [6.07, 6.45) is 0. The molecule has 0 atom stereocenters. The van der Waals surface area contributed by atoms with E-state index in [-0.39, 0.29) is 5.56 Å². The number of halogens is 1. The van der Waals surface area contributed by atoms with Crippen LogP contribution < -0.4 is 5.32 Å². The van der Waals surface area contributed by atoms with Crippen molar-refractivity contribution in [2.75, 3.05) is 5.32 Å². The summed E-state index contributed by atoms with van der Waals surface area (Å²) in [6, 6.07) is 12.7. The molecule has 2 aromatic heterocycles. The molecular weight excluding hydrogens is 323 g/mol. The van der Waals surface area contributed by atoms with Crippen molar-refractivity contribution in [2.45, 2.75) is 6.92 Å². The van der Waals surface area contributed by atoms with E-state index < -0.39 is 11.7 Å². The molecule has 4 rings (SSSR count). The number of para-hydroxylation sites is 1. The molecule has 0 radical (unpaired) electrons. The van der Waals surface area contributed by atoms with Gasteiger partial charge in [-0.25, -0.2) is 8.91 Å². The number of hydrogen-bond donors (Lipinski definition) is 2. The van der Waals surface area contributed by atoms with Crippen molar-refractivity contribution in [1.29, 1.82) is 0 Å². The second kappa shape index (κ2) is 5.82. The first-order chi connectivity index (χ1) is 12.1. The van der Waals surface area contributed by atoms with Crippen LogP contribution in [-0.2, 0) is 0 Å². The molecule has 0 spiro atoms. The highest BCUT2D eigenvalue weighted by atomic mass is 19.1. The number of amides is 1. The summed E-state index contributed by atoms with van der Waals surface area (Å²) in [5, 5.41) is 13.8. The third-order valence-corrected chi connectivity index (χ3v) is 3.75. The van der Waals surface area contributed by atoms with Crippen LogP contribution in [0.15, 0.2) is 48.5 Å². The van der Waals surface area contributed by atoms with E-state index in [0.717, 1.165) is 0 Å². The maximum Gasteiger partial charge on any atom is 0.272 e. The average molecular weight is 336 g/mol. The van der Waals surface area contributed by atoms with Crippen LogP contribution in [0.25, 0.3) is 17.2 Å². The minimum atomic E-state index is -0.462. The van der Waals surface area contributed by atoms with E-state index in [1.807, 2.05) is 12.1 Å². The summed E-state index contributed by atoms with van der Waals surface area (Å²) in [7, 11) is 0. The average Bonchev–Trinajstić information content (AvgIpc) is 3.18. The van der Waals surface area contributed by atoms with Crippen molar-refractivity contribution in [3.63, 3.8) is 0 Å². The van der Waals surface area contributed by atoms with Crippen LogP contribution in [0.4, 0.5) is 10.1 Å². The van der Waals surface area contributed by atoms with Gasteiger partial charge in [-0.3, -0.25) is 9.89 Å². The van der Waals surface area contributed by atoms with E-state index in [2.05, 4.69) is 25.6 Å². The normalized spacial score (nSPS) is 11.0. The Morgan fingerprint density at radius 3 is 2.80 bits per heavy atom. The van der Waals surface area contributed by atoms with E-state index >= 15 is 0 Å². The molecule has 8 heteroatoms. The lowest BCUT2D eigenvalue weighted by Crippen LogP contribution is -2.13. The molecule has 0 aliphatic heterocycles. The molecule has 0 unspecified atom stereocenters. The van der Waals surface area contributed by atoms with Crippen molar-refractivity contribution >= 4 is 17.4 Å². The number of aromatic amines is 1. The van der Waals surface area contributed by atoms with E-state index in [1.54, 1.807) is 29.6 Å². The Morgan fingerprint density at radius 2 is 2.00 bits per heavy atom. The van der Waals surface area contributed by atoms with Gasteiger partial charge in [0.05, 0.1) is 5.69 Å². The predicted molar refractivity (Wildman–Crippen MR) is 89.7 cm³/mol. The Bertz CT molecular complexity index is 1080. The summed E-state index contributed by atoms with van der Waals surface area (Å²) < 4.78 is 15.0. The van der Waals surface area contributed by atoms with E-state index in [0.29, 0.717) is 28.7 Å². The minimum Gasteiger partial charge on any atom is -0.321 e. The van der Waals surface area contributed by atoms with Crippen LogP contribution in [0.5, 0.6) is 0 Å². The van der Waals surface area contributed by atoms with Crippen LogP contribution in [0.1, 0.15) is 16.2 Å². The lowest BCUT2D eigenvalue weighted by atomic mass is 10.1. The van der Waals surface area contributed by atoms with Gasteiger partial charge in [-0.2, -0.15) is 4.98 Å². The van der Waals surface area contributed by atoms with Gasteiger partial charge in [0.15, 0.2) is 11.6 Å². The Hall–Kier alpha value is -3.55. The second-order valence-electron chi connectivity index (χ2n) is 5.46. The lowest BCUT2D eigenvalue weighted by Gasteiger charge is -2.09. The number of benzene rings is 2. The smallest absolute Gasteiger partial charge is 0.272 e. The van der Waals surface area contributed by atoms with Gasteiger partial charge in [0.2, 0.25) is 0 Å². The van der Waals surface area contributed by atoms with Crippen molar-refractivity contribution in [3.05, 3.63) is 65.7 Å². The Morgan fingerprint density at radius 1 is 1.16 bits per heavy atom. The molecule has 2 heterocycles. The standard InChI is InChI=1S/C17H13FN6O/c1-10-21-22-17-20-15(23-24(10)17)13-7-2-3-8-14(13)19-16(25)11-5-4-6-12(18)9-11/h2-9H,1H3,(H,19,25)(H,20,22,23). The quantitative estimate of drug-likeness (QED) is 0.602. The molecule has 4 aromatic rings. The fourth-order valence-electron chi connectivity index (χ4n) is 2.53. The minimum absolute atomic E-state index is 0.240. The third kappa shape index (κ3) is 2.74. The second-order valence-corrected chi connectivity index (χ2v) is 5.46. The molecule has 0 saturated heterocycles. The Balaban J connectivity index is 1.70. The van der Waals surface area contributed by atoms with E-state index in [1.165, 1.54) is 18.2 Å². The highest BCUT2D eigenvalue weighted by Crippen LogP contribution is 2.26. The highest BCUT2D eigenvalue weighted by Gasteiger charge is 2.15. The number of hydrogen-bond acceptors (Lipinski definition) is 4. The number of carbonyl (C=O) groups is 1. The van der Waals surface area contributed by atoms with Crippen LogP contribution in [0.3, 0.4) is 0 Å². The number of aryl methyl sites for hydroxylation is 1. The molecule has 0 aliphatic rings. The number of carbonyl (C=O) groups excluding carboxylic acids is 1. The number of aromatic nitrogens is 5. The molecule has 25 heavy (non-hydrogen) atoms. The summed E-state index contributed by atoms with van der Waals surface area (Å²) in [4.78, 5) is 16.8. The van der Waals surface area contributed by atoms with Crippen LogP contribution in [-0.4, -0.2) is 30.7 Å². The third-order valence-electron chi connectivity index (χ3n) is 3.75. The molecule has 2 aromatic carbocycles. The summed E-state index contributed by atoms with van der Waals surface area (Å²) in [5.74, 6) is 0.800. The zero-order valence-corrected chi connectivity index (χ0v) is 13.2. The number of nitrogens with one attached hydrogen (secondary N) is 2. The van der Waals surface area contributed by atoms with Crippen LogP contribution in [0.2, 0.25) is 0 Å². The van der Waals surface area contributed by atoms with E-state index in [4.69, 9.17) is 0 Å². The summed E-state index contributed by atoms with van der Waals surface area (Å²) >= 11 is 0. The van der Waals surface area contributed by atoms with Gasteiger partial charge in [-0.05, 0) is 37.3 Å². The molecule has 0 aliphatic carbocycles. The number of nitrogens with zero attached hydrogens (tertiary/aromatic N) is 4. The first-order valence-corrected chi connectivity index (χ1v) is 7.56. The van der Waals surface area contributed by atoms with Crippen molar-refractivity contribution in [2.24, 2.45) is 0 Å². The SMILES string of the molecule is Cc1nnc2nc(-c3ccccc3NC(=O)c3cccc(F)c3)[nH]n12. The maximum absolute atomic E-state index is 13.3. The molecular formula is C17H13FN6O. The number of fused-ring (bicyclic) bond motifs is 1. The zero-order valence-electron chi connectivity index (χ0n) is 13.2. The fraction of sp³-hybridized carbons (Fsp3) is 0.0588. The topological polar surface area (TPSA) is 88.0 Å². The van der Waals surface area contributed by atoms with Gasteiger partial charge in [0, 0.05) is 11.1 Å². The zero-order chi connectivity index (χ0) is 17.4. The number of rotatable bonds is 3. The number of anilines is 1. The first-order valence-electron chi connectivity index (χ1n) is 7.56. The van der Waals surface area contributed by atoms with Crippen molar-refractivity contribution in [3.8, 4) is 11.4 Å². The van der Waals surface area contributed by atoms with Gasteiger partial charge in [0.1, 0.15) is 5.82 Å². The lowest BCUT2D eigenvalue weighted by molar-refractivity contribution is 0.102. The molecule has 1 amide bonds. The van der Waals surface area contributed by atoms with Gasteiger partial charge < -0.3 is 5.32 Å². The van der Waals surface area contributed by atoms with Gasteiger partial charge in [-0.1, -0.05) is 18.2 Å². The Labute approximate surface area is 141 Å². The van der Waals surface area contributed by atoms with Crippen molar-refractivity contribution < 1.29 is 9.18 Å². The predicted octanol–water partition coefficient (Wildman–Crippen LogP) is 2.82. The maximum atomic E-state index is 13.3. The fourth-order valence-corrected chi connectivity index (χ4v) is 2.53. The molecule has 0 bridgehead atoms. The first kappa shape index (κ1) is 15.0. The van der Waals surface area contributed by atoms with Crippen LogP contribution >= 0.6 is 0 Å². The van der Waals surface area contributed by atoms with Gasteiger partial charge in [0.25, 0.3) is 11.7 Å². The monoisotopic (exact) mass is 336 g/mol. The largest absolute Gasteiger partial charge is 0.321 e. The van der Waals surface area contributed by atoms with Crippen LogP contribution in [0, 0.1) is 12.7 Å². The van der Waals surface area contributed by atoms with Crippen molar-refractivity contribution in [1.82, 2.24) is 24.8 Å². The summed E-state index contributed by atoms with van der Waals surface area (Å²) in [5.41, 5.74) is 1.49. The molecule has 7 nitrogen and oxygen atoms in total. The van der Waals surface area contributed by atoms with Gasteiger partial charge >= 0.3 is 0 Å². The van der Waals surface area contributed by atoms with E-state index in [9.17, 15) is 9.18 Å². The summed E-state index contributed by atoms with van der Waals surface area (Å²) in [6.45, 7) is 1.81. The van der Waals surface area contributed by atoms with Gasteiger partial charge in [-0.15, -0.1) is 10.2 Å². The molecule has 0 fully saturated rings. The highest BCUT2D eigenvalue weighted by molar-refractivity contribution is 6.06. The number of H-pyrrole nitrogens is 1. The molecule has 124 valence electrons. The molecule has 0 saturated carbocycles. The molecule has 2 N–H and O–H groups in total.